The van der Waals surface area contributed by atoms with E-state index in [1.54, 1.807) is 0 Å². The zero-order chi connectivity index (χ0) is 9.14. The first-order valence-corrected chi connectivity index (χ1v) is 4.47. The molecule has 1 aromatic rings. The normalized spacial score (nSPS) is 10.8. The maximum atomic E-state index is 4.48. The van der Waals surface area contributed by atoms with Crippen molar-refractivity contribution in [3.05, 3.63) is 23.3 Å². The molecule has 0 fully saturated rings. The minimum Gasteiger partial charge on any atom is -0.258 e. The third-order valence-corrected chi connectivity index (χ3v) is 1.88. The first-order valence-electron chi connectivity index (χ1n) is 4.47. The third-order valence-electron chi connectivity index (χ3n) is 1.88. The Hall–Kier alpha value is -0.920. The van der Waals surface area contributed by atoms with Gasteiger partial charge in [-0.1, -0.05) is 20.8 Å². The standard InChI is InChI=1S/C10H16N2/c1-5-9-10(7(2)3)12-8(4)6-11-9/h6-7H,5H2,1-4H3. The summed E-state index contributed by atoms with van der Waals surface area (Å²) in [6.07, 6.45) is 2.81. The Kier molecular flexibility index (Phi) is 2.79. The molecule has 0 aliphatic rings. The fourth-order valence-corrected chi connectivity index (χ4v) is 1.26. The number of rotatable bonds is 2. The van der Waals surface area contributed by atoms with Gasteiger partial charge in [0.2, 0.25) is 0 Å². The fraction of sp³-hybridized carbons (Fsp3) is 0.600. The lowest BCUT2D eigenvalue weighted by Crippen LogP contribution is -2.03. The van der Waals surface area contributed by atoms with Crippen molar-refractivity contribution in [1.29, 1.82) is 0 Å². The maximum absolute atomic E-state index is 4.48. The van der Waals surface area contributed by atoms with E-state index in [0.717, 1.165) is 23.5 Å². The summed E-state index contributed by atoms with van der Waals surface area (Å²) in [5.74, 6) is 0.479. The van der Waals surface area contributed by atoms with E-state index in [-0.39, 0.29) is 0 Å². The van der Waals surface area contributed by atoms with E-state index in [1.165, 1.54) is 0 Å². The van der Waals surface area contributed by atoms with Crippen molar-refractivity contribution in [2.75, 3.05) is 0 Å². The van der Waals surface area contributed by atoms with Crippen LogP contribution in [-0.2, 0) is 6.42 Å². The van der Waals surface area contributed by atoms with E-state index in [4.69, 9.17) is 0 Å². The van der Waals surface area contributed by atoms with Gasteiger partial charge < -0.3 is 0 Å². The zero-order valence-electron chi connectivity index (χ0n) is 8.26. The molecule has 0 N–H and O–H groups in total. The molecule has 0 radical (unpaired) electrons. The Bertz CT molecular complexity index is 267. The largest absolute Gasteiger partial charge is 0.258 e. The molecule has 0 bridgehead atoms. The summed E-state index contributed by atoms with van der Waals surface area (Å²) in [7, 11) is 0. The van der Waals surface area contributed by atoms with Crippen LogP contribution in [0.1, 0.15) is 43.8 Å². The smallest absolute Gasteiger partial charge is 0.0647 e. The van der Waals surface area contributed by atoms with Gasteiger partial charge in [-0.05, 0) is 19.3 Å². The van der Waals surface area contributed by atoms with Crippen molar-refractivity contribution in [3.8, 4) is 0 Å². The van der Waals surface area contributed by atoms with Crippen molar-refractivity contribution < 1.29 is 0 Å². The second kappa shape index (κ2) is 3.65. The van der Waals surface area contributed by atoms with Crippen LogP contribution in [0.15, 0.2) is 6.20 Å². The molecule has 0 atom stereocenters. The van der Waals surface area contributed by atoms with Gasteiger partial charge in [-0.2, -0.15) is 0 Å². The average Bonchev–Trinajstić information content (AvgIpc) is 2.04. The van der Waals surface area contributed by atoms with Crippen LogP contribution in [-0.4, -0.2) is 9.97 Å². The van der Waals surface area contributed by atoms with Gasteiger partial charge in [0.25, 0.3) is 0 Å². The van der Waals surface area contributed by atoms with Gasteiger partial charge in [0.15, 0.2) is 0 Å². The van der Waals surface area contributed by atoms with E-state index in [1.807, 2.05) is 13.1 Å². The summed E-state index contributed by atoms with van der Waals surface area (Å²) in [6, 6.07) is 0. The van der Waals surface area contributed by atoms with Crippen molar-refractivity contribution in [1.82, 2.24) is 9.97 Å². The average molecular weight is 164 g/mol. The molecule has 66 valence electrons. The molecule has 0 aliphatic heterocycles. The van der Waals surface area contributed by atoms with Gasteiger partial charge in [-0.3, -0.25) is 9.97 Å². The Morgan fingerprint density at radius 3 is 2.58 bits per heavy atom. The molecular weight excluding hydrogens is 148 g/mol. The quantitative estimate of drug-likeness (QED) is 0.671. The lowest BCUT2D eigenvalue weighted by Gasteiger charge is -2.09. The van der Waals surface area contributed by atoms with Gasteiger partial charge in [0.05, 0.1) is 17.1 Å². The highest BCUT2D eigenvalue weighted by Gasteiger charge is 2.07. The molecule has 0 spiro atoms. The summed E-state index contributed by atoms with van der Waals surface area (Å²) in [5.41, 5.74) is 3.30. The van der Waals surface area contributed by atoms with Gasteiger partial charge in [-0.25, -0.2) is 0 Å². The summed E-state index contributed by atoms with van der Waals surface area (Å²) in [5, 5.41) is 0. The van der Waals surface area contributed by atoms with Gasteiger partial charge in [0.1, 0.15) is 0 Å². The van der Waals surface area contributed by atoms with E-state index in [9.17, 15) is 0 Å². The van der Waals surface area contributed by atoms with E-state index < -0.39 is 0 Å². The van der Waals surface area contributed by atoms with Crippen molar-refractivity contribution in [3.63, 3.8) is 0 Å². The van der Waals surface area contributed by atoms with Gasteiger partial charge in [0, 0.05) is 6.20 Å². The molecule has 1 heterocycles. The topological polar surface area (TPSA) is 25.8 Å². The number of hydrogen-bond donors (Lipinski definition) is 0. The summed E-state index contributed by atoms with van der Waals surface area (Å²) in [6.45, 7) is 8.41. The van der Waals surface area contributed by atoms with Crippen LogP contribution in [0, 0.1) is 6.92 Å². The SMILES string of the molecule is CCc1ncc(C)nc1C(C)C. The molecular formula is C10H16N2. The molecule has 12 heavy (non-hydrogen) atoms. The Morgan fingerprint density at radius 1 is 1.42 bits per heavy atom. The Morgan fingerprint density at radius 2 is 2.08 bits per heavy atom. The van der Waals surface area contributed by atoms with Gasteiger partial charge >= 0.3 is 0 Å². The summed E-state index contributed by atoms with van der Waals surface area (Å²) in [4.78, 5) is 8.84. The van der Waals surface area contributed by atoms with Crippen molar-refractivity contribution in [2.24, 2.45) is 0 Å². The predicted molar refractivity (Wildman–Crippen MR) is 50.2 cm³/mol. The van der Waals surface area contributed by atoms with Crippen LogP contribution in [0.3, 0.4) is 0 Å². The van der Waals surface area contributed by atoms with E-state index in [2.05, 4.69) is 30.7 Å². The summed E-state index contributed by atoms with van der Waals surface area (Å²) < 4.78 is 0. The van der Waals surface area contributed by atoms with Crippen LogP contribution in [0.25, 0.3) is 0 Å². The zero-order valence-corrected chi connectivity index (χ0v) is 8.26. The molecule has 1 rings (SSSR count). The molecule has 0 amide bonds. The van der Waals surface area contributed by atoms with Crippen molar-refractivity contribution >= 4 is 0 Å². The van der Waals surface area contributed by atoms with Crippen LogP contribution >= 0.6 is 0 Å². The number of hydrogen-bond acceptors (Lipinski definition) is 2. The molecule has 0 unspecified atom stereocenters. The minimum atomic E-state index is 0.479. The first-order chi connectivity index (χ1) is 5.65. The van der Waals surface area contributed by atoms with Crippen LogP contribution in [0.4, 0.5) is 0 Å². The molecule has 0 saturated carbocycles. The lowest BCUT2D eigenvalue weighted by atomic mass is 10.1. The second-order valence-electron chi connectivity index (χ2n) is 3.35. The van der Waals surface area contributed by atoms with Gasteiger partial charge in [-0.15, -0.1) is 0 Å². The molecule has 2 nitrogen and oxygen atoms in total. The molecule has 0 saturated heterocycles. The third kappa shape index (κ3) is 1.81. The predicted octanol–water partition coefficient (Wildman–Crippen LogP) is 2.47. The highest BCUT2D eigenvalue weighted by atomic mass is 14.8. The minimum absolute atomic E-state index is 0.479. The monoisotopic (exact) mass is 164 g/mol. The highest BCUT2D eigenvalue weighted by Crippen LogP contribution is 2.15. The molecule has 1 aromatic heterocycles. The first kappa shape index (κ1) is 9.17. The lowest BCUT2D eigenvalue weighted by molar-refractivity contribution is 0.770. The number of aryl methyl sites for hydroxylation is 2. The fourth-order valence-electron chi connectivity index (χ4n) is 1.26. The van der Waals surface area contributed by atoms with Crippen LogP contribution in [0.2, 0.25) is 0 Å². The molecule has 2 heteroatoms. The number of nitrogens with zero attached hydrogens (tertiary/aromatic N) is 2. The van der Waals surface area contributed by atoms with E-state index in [0.29, 0.717) is 5.92 Å². The molecule has 0 aromatic carbocycles. The second-order valence-corrected chi connectivity index (χ2v) is 3.35. The van der Waals surface area contributed by atoms with E-state index >= 15 is 0 Å². The Balaban J connectivity index is 3.12. The summed E-state index contributed by atoms with van der Waals surface area (Å²) >= 11 is 0. The van der Waals surface area contributed by atoms with Crippen molar-refractivity contribution in [2.45, 2.75) is 40.0 Å². The molecule has 0 aliphatic carbocycles. The highest BCUT2D eigenvalue weighted by molar-refractivity contribution is 5.16. The Labute approximate surface area is 74.1 Å². The van der Waals surface area contributed by atoms with Crippen LogP contribution in [0.5, 0.6) is 0 Å². The number of aromatic nitrogens is 2. The maximum Gasteiger partial charge on any atom is 0.0647 e. The van der Waals surface area contributed by atoms with Crippen LogP contribution < -0.4 is 0 Å².